The average molecular weight is 189 g/mol. The van der Waals surface area contributed by atoms with E-state index < -0.39 is 0 Å². The van der Waals surface area contributed by atoms with Crippen LogP contribution in [0, 0.1) is 0 Å². The molecule has 0 amide bonds. The van der Waals surface area contributed by atoms with E-state index in [1.165, 1.54) is 0 Å². The van der Waals surface area contributed by atoms with E-state index in [1.807, 2.05) is 0 Å². The summed E-state index contributed by atoms with van der Waals surface area (Å²) in [5, 5.41) is 0.670. The highest BCUT2D eigenvalue weighted by Gasteiger charge is 1.94. The number of rotatable bonds is 0. The Bertz CT molecular complexity index is 225. The Labute approximate surface area is 61.0 Å². The summed E-state index contributed by atoms with van der Waals surface area (Å²) < 4.78 is 0.765. The largest absolute Gasteiger partial charge is 0.0863 e. The first-order valence-electron chi connectivity index (χ1n) is 2.04. The molecule has 0 aromatic carbocycles. The summed E-state index contributed by atoms with van der Waals surface area (Å²) in [7, 11) is 0. The van der Waals surface area contributed by atoms with Crippen LogP contribution in [0.1, 0.15) is 0 Å². The van der Waals surface area contributed by atoms with Gasteiger partial charge in [0, 0.05) is 0 Å². The maximum absolute atomic E-state index is 5.61. The Hall–Kier alpha value is -0.190. The zero-order valence-electron chi connectivity index (χ0n) is 3.91. The molecule has 0 unspecified atom stereocenters. The fourth-order valence-electron chi connectivity index (χ4n) is 0.353. The van der Waals surface area contributed by atoms with Crippen molar-refractivity contribution < 1.29 is 0 Å². The highest BCUT2D eigenvalue weighted by atomic mass is 79.9. The Balaban J connectivity index is 3.14. The van der Waals surface area contributed by atoms with Gasteiger partial charge >= 0.3 is 0 Å². The number of halogens is 2. The molecule has 0 heterocycles. The summed E-state index contributed by atoms with van der Waals surface area (Å²) in [5.41, 5.74) is 5.50. The van der Waals surface area contributed by atoms with Gasteiger partial charge in [-0.25, -0.2) is 0 Å². The summed E-state index contributed by atoms with van der Waals surface area (Å²) in [4.78, 5) is 0. The number of hydrogen-bond donors (Lipinski definition) is 0. The van der Waals surface area contributed by atoms with Crippen molar-refractivity contribution in [2.24, 2.45) is 0 Å². The van der Waals surface area contributed by atoms with Crippen molar-refractivity contribution in [3.05, 3.63) is 33.1 Å². The predicted octanol–water partition coefficient (Wildman–Crippen LogP) is 2.71. The molecule has 2 heteroatoms. The van der Waals surface area contributed by atoms with Gasteiger partial charge in [0.1, 0.15) is 0 Å². The number of allylic oxidation sites excluding steroid dienone is 4. The van der Waals surface area contributed by atoms with Gasteiger partial charge in [-0.1, -0.05) is 23.1 Å². The van der Waals surface area contributed by atoms with Crippen molar-refractivity contribution in [2.45, 2.75) is 0 Å². The van der Waals surface area contributed by atoms with Crippen LogP contribution >= 0.6 is 27.5 Å². The second kappa shape index (κ2) is 2.39. The molecule has 0 bridgehead atoms. The summed E-state index contributed by atoms with van der Waals surface area (Å²) in [6.45, 7) is 0. The first-order valence-corrected chi connectivity index (χ1v) is 3.21. The van der Waals surface area contributed by atoms with Gasteiger partial charge < -0.3 is 0 Å². The molecule has 1 aliphatic rings. The Morgan fingerprint density at radius 2 is 2.38 bits per heavy atom. The highest BCUT2D eigenvalue weighted by molar-refractivity contribution is 9.12. The van der Waals surface area contributed by atoms with E-state index in [-0.39, 0.29) is 0 Å². The molecule has 0 nitrogen and oxygen atoms in total. The maximum atomic E-state index is 5.61. The molecule has 0 aromatic heterocycles. The van der Waals surface area contributed by atoms with Gasteiger partial charge in [-0.3, -0.25) is 0 Å². The van der Waals surface area contributed by atoms with Gasteiger partial charge in [-0.05, 0) is 28.1 Å². The van der Waals surface area contributed by atoms with Crippen LogP contribution in [-0.2, 0) is 0 Å². The predicted molar refractivity (Wildman–Crippen MR) is 38.0 cm³/mol. The second-order valence-corrected chi connectivity index (χ2v) is 2.46. The van der Waals surface area contributed by atoms with Gasteiger partial charge in [-0.15, -0.1) is 0 Å². The number of hydrogen-bond acceptors (Lipinski definition) is 0. The summed E-state index contributed by atoms with van der Waals surface area (Å²) in [5.74, 6) is 0. The SMILES string of the molecule is ClC1=CC=C=C=C1Br. The van der Waals surface area contributed by atoms with E-state index in [0.717, 1.165) is 4.48 Å². The lowest BCUT2D eigenvalue weighted by Gasteiger charge is -1.89. The van der Waals surface area contributed by atoms with E-state index >= 15 is 0 Å². The fraction of sp³-hybridized carbons (Fsp3) is 0. The molecule has 8 heavy (non-hydrogen) atoms. The van der Waals surface area contributed by atoms with E-state index in [9.17, 15) is 0 Å². The van der Waals surface area contributed by atoms with Crippen LogP contribution in [0.15, 0.2) is 33.1 Å². The van der Waals surface area contributed by atoms with Crippen LogP contribution < -0.4 is 0 Å². The zero-order valence-corrected chi connectivity index (χ0v) is 6.25. The molecule has 1 aliphatic carbocycles. The third kappa shape index (κ3) is 1.15. The third-order valence-corrected chi connectivity index (χ3v) is 1.87. The van der Waals surface area contributed by atoms with Crippen molar-refractivity contribution in [2.75, 3.05) is 0 Å². The molecule has 0 atom stereocenters. The maximum Gasteiger partial charge on any atom is 0.0863 e. The molecule has 0 N–H and O–H groups in total. The van der Waals surface area contributed by atoms with Crippen LogP contribution in [0.5, 0.6) is 0 Å². The molecule has 40 valence electrons. The molecule has 0 spiro atoms. The smallest absolute Gasteiger partial charge is 0.0824 e. The molecule has 0 saturated heterocycles. The minimum Gasteiger partial charge on any atom is -0.0824 e. The lowest BCUT2D eigenvalue weighted by molar-refractivity contribution is 1.80. The molecule has 0 aromatic rings. The topological polar surface area (TPSA) is 0 Å². The molecule has 1 rings (SSSR count). The lowest BCUT2D eigenvalue weighted by atomic mass is 10.4. The fourth-order valence-corrected chi connectivity index (χ4v) is 0.710. The van der Waals surface area contributed by atoms with E-state index in [4.69, 9.17) is 11.6 Å². The normalized spacial score (nSPS) is 15.8. The van der Waals surface area contributed by atoms with E-state index in [2.05, 4.69) is 27.4 Å². The van der Waals surface area contributed by atoms with Gasteiger partial charge in [0.05, 0.1) is 9.51 Å². The van der Waals surface area contributed by atoms with Crippen LogP contribution in [0.2, 0.25) is 0 Å². The van der Waals surface area contributed by atoms with Crippen LogP contribution in [-0.4, -0.2) is 0 Å². The highest BCUT2D eigenvalue weighted by Crippen LogP contribution is 2.20. The molecular formula is C6H2BrCl. The third-order valence-electron chi connectivity index (χ3n) is 0.705. The summed E-state index contributed by atoms with van der Waals surface area (Å²) in [6, 6.07) is 0. The van der Waals surface area contributed by atoms with Crippen molar-refractivity contribution in [3.63, 3.8) is 0 Å². The standard InChI is InChI=1S/C6H2BrCl/c7-5-3-1-2-4-6(5)8/h2,4H. The quantitative estimate of drug-likeness (QED) is 0.514. The van der Waals surface area contributed by atoms with Crippen molar-refractivity contribution in [1.82, 2.24) is 0 Å². The van der Waals surface area contributed by atoms with Crippen molar-refractivity contribution in [1.29, 1.82) is 0 Å². The Kier molecular flexibility index (Phi) is 1.77. The first-order chi connectivity index (χ1) is 3.80. The molecule has 0 fully saturated rings. The molecule has 0 saturated carbocycles. The summed E-state index contributed by atoms with van der Waals surface area (Å²) >= 11 is 8.79. The zero-order chi connectivity index (χ0) is 5.98. The van der Waals surface area contributed by atoms with E-state index in [1.54, 1.807) is 12.2 Å². The van der Waals surface area contributed by atoms with Crippen LogP contribution in [0.25, 0.3) is 0 Å². The minimum absolute atomic E-state index is 0.670. The van der Waals surface area contributed by atoms with Gasteiger partial charge in [0.2, 0.25) is 0 Å². The Morgan fingerprint density at radius 3 is 2.75 bits per heavy atom. The van der Waals surface area contributed by atoms with E-state index in [0.29, 0.717) is 5.03 Å². The van der Waals surface area contributed by atoms with Gasteiger partial charge in [0.15, 0.2) is 0 Å². The minimum atomic E-state index is 0.670. The van der Waals surface area contributed by atoms with Gasteiger partial charge in [0.25, 0.3) is 0 Å². The summed E-state index contributed by atoms with van der Waals surface area (Å²) in [6.07, 6.45) is 3.47. The van der Waals surface area contributed by atoms with Crippen molar-refractivity contribution in [3.8, 4) is 0 Å². The van der Waals surface area contributed by atoms with Crippen molar-refractivity contribution >= 4 is 27.5 Å². The average Bonchev–Trinajstić information content (AvgIpc) is 1.77. The first kappa shape index (κ1) is 5.94. The van der Waals surface area contributed by atoms with Crippen LogP contribution in [0.3, 0.4) is 0 Å². The van der Waals surface area contributed by atoms with Gasteiger partial charge in [-0.2, -0.15) is 0 Å². The molecule has 0 aliphatic heterocycles. The molecular weight excluding hydrogens is 187 g/mol. The second-order valence-electron chi connectivity index (χ2n) is 1.26. The molecule has 0 radical (unpaired) electrons. The lowest BCUT2D eigenvalue weighted by Crippen LogP contribution is -1.68. The van der Waals surface area contributed by atoms with Crippen LogP contribution in [0.4, 0.5) is 0 Å². The Morgan fingerprint density at radius 1 is 1.62 bits per heavy atom. The monoisotopic (exact) mass is 188 g/mol.